The van der Waals surface area contributed by atoms with Gasteiger partial charge in [-0.15, -0.1) is 10.2 Å². The zero-order valence-corrected chi connectivity index (χ0v) is 11.2. The van der Waals surface area contributed by atoms with Crippen LogP contribution in [0.15, 0.2) is 5.16 Å². The Morgan fingerprint density at radius 2 is 2.17 bits per heavy atom. The van der Waals surface area contributed by atoms with Crippen molar-refractivity contribution in [3.63, 3.8) is 0 Å². The van der Waals surface area contributed by atoms with Crippen LogP contribution in [0.2, 0.25) is 0 Å². The topological polar surface area (TPSA) is 86.3 Å². The quantitative estimate of drug-likeness (QED) is 0.765. The monoisotopic (exact) mass is 271 g/mol. The number of morpholine rings is 1. The van der Waals surface area contributed by atoms with Crippen LogP contribution in [0.5, 0.6) is 0 Å². The molecular formula is C10H17N5O2S. The lowest BCUT2D eigenvalue weighted by molar-refractivity contribution is -0.136. The van der Waals surface area contributed by atoms with Crippen molar-refractivity contribution in [2.24, 2.45) is 0 Å². The fourth-order valence-corrected chi connectivity index (χ4v) is 2.40. The normalized spacial score (nSPS) is 15.9. The highest BCUT2D eigenvalue weighted by Crippen LogP contribution is 2.17. The van der Waals surface area contributed by atoms with E-state index in [1.54, 1.807) is 9.47 Å². The number of nitrogens with zero attached hydrogens (tertiary/aromatic N) is 4. The van der Waals surface area contributed by atoms with Crippen molar-refractivity contribution in [2.45, 2.75) is 18.6 Å². The van der Waals surface area contributed by atoms with Gasteiger partial charge in [-0.05, 0) is 5.75 Å². The van der Waals surface area contributed by atoms with E-state index in [1.807, 2.05) is 6.92 Å². The SMILES string of the molecule is CCSc1nnc(N)n1CC(=O)N1CCOCC1. The van der Waals surface area contributed by atoms with Crippen LogP contribution in [0.4, 0.5) is 5.95 Å². The molecule has 2 rings (SSSR count). The number of thioether (sulfide) groups is 1. The van der Waals surface area contributed by atoms with Crippen LogP contribution in [0, 0.1) is 0 Å². The van der Waals surface area contributed by atoms with Gasteiger partial charge in [0.2, 0.25) is 11.9 Å². The van der Waals surface area contributed by atoms with Gasteiger partial charge in [0.1, 0.15) is 6.54 Å². The minimum atomic E-state index is 0.0303. The second-order valence-electron chi connectivity index (χ2n) is 3.85. The predicted octanol–water partition coefficient (Wildman–Crippen LogP) is -0.169. The Bertz CT molecular complexity index is 416. The fraction of sp³-hybridized carbons (Fsp3) is 0.700. The number of anilines is 1. The molecule has 0 bridgehead atoms. The smallest absolute Gasteiger partial charge is 0.242 e. The van der Waals surface area contributed by atoms with Crippen LogP contribution in [0.25, 0.3) is 0 Å². The van der Waals surface area contributed by atoms with Gasteiger partial charge in [0.05, 0.1) is 13.2 Å². The Morgan fingerprint density at radius 1 is 1.44 bits per heavy atom. The van der Waals surface area contributed by atoms with E-state index in [2.05, 4.69) is 10.2 Å². The summed E-state index contributed by atoms with van der Waals surface area (Å²) in [4.78, 5) is 13.9. The lowest BCUT2D eigenvalue weighted by Gasteiger charge is -2.27. The predicted molar refractivity (Wildman–Crippen MR) is 68.2 cm³/mol. The van der Waals surface area contributed by atoms with Crippen LogP contribution in [0.1, 0.15) is 6.92 Å². The van der Waals surface area contributed by atoms with Gasteiger partial charge in [-0.25, -0.2) is 0 Å². The Labute approximate surface area is 110 Å². The molecule has 1 aromatic rings. The lowest BCUT2D eigenvalue weighted by Crippen LogP contribution is -2.42. The second-order valence-corrected chi connectivity index (χ2v) is 5.08. The molecule has 0 unspecified atom stereocenters. The highest BCUT2D eigenvalue weighted by molar-refractivity contribution is 7.99. The summed E-state index contributed by atoms with van der Waals surface area (Å²) in [6.45, 7) is 4.68. The first-order chi connectivity index (χ1) is 8.72. The zero-order chi connectivity index (χ0) is 13.0. The van der Waals surface area contributed by atoms with Crippen molar-refractivity contribution in [1.82, 2.24) is 19.7 Å². The minimum Gasteiger partial charge on any atom is -0.378 e. The first-order valence-corrected chi connectivity index (χ1v) is 6.88. The maximum atomic E-state index is 12.1. The molecular weight excluding hydrogens is 254 g/mol. The second kappa shape index (κ2) is 6.05. The van der Waals surface area contributed by atoms with Crippen LogP contribution in [-0.2, 0) is 16.1 Å². The fourth-order valence-electron chi connectivity index (χ4n) is 1.73. The van der Waals surface area contributed by atoms with Crippen molar-refractivity contribution in [3.05, 3.63) is 0 Å². The Kier molecular flexibility index (Phi) is 4.43. The summed E-state index contributed by atoms with van der Waals surface area (Å²) >= 11 is 1.53. The molecule has 0 aliphatic carbocycles. The summed E-state index contributed by atoms with van der Waals surface area (Å²) < 4.78 is 6.88. The van der Waals surface area contributed by atoms with E-state index in [9.17, 15) is 4.79 Å². The van der Waals surface area contributed by atoms with Crippen LogP contribution < -0.4 is 5.73 Å². The van der Waals surface area contributed by atoms with Crippen molar-refractivity contribution in [3.8, 4) is 0 Å². The number of nitrogen functional groups attached to an aromatic ring is 1. The maximum absolute atomic E-state index is 12.1. The number of carbonyl (C=O) groups excluding carboxylic acids is 1. The summed E-state index contributed by atoms with van der Waals surface area (Å²) in [7, 11) is 0. The van der Waals surface area contributed by atoms with Gasteiger partial charge in [0, 0.05) is 13.1 Å². The number of carbonyl (C=O) groups is 1. The third kappa shape index (κ3) is 2.94. The van der Waals surface area contributed by atoms with Gasteiger partial charge in [-0.3, -0.25) is 9.36 Å². The van der Waals surface area contributed by atoms with Gasteiger partial charge in [0.25, 0.3) is 0 Å². The highest BCUT2D eigenvalue weighted by atomic mass is 32.2. The van der Waals surface area contributed by atoms with E-state index in [0.29, 0.717) is 31.5 Å². The molecule has 0 radical (unpaired) electrons. The molecule has 1 aromatic heterocycles. The number of hydrogen-bond acceptors (Lipinski definition) is 6. The number of amides is 1. The Hall–Kier alpha value is -1.28. The first-order valence-electron chi connectivity index (χ1n) is 5.89. The molecule has 7 nitrogen and oxygen atoms in total. The number of nitrogens with two attached hydrogens (primary N) is 1. The van der Waals surface area contributed by atoms with E-state index >= 15 is 0 Å². The number of rotatable bonds is 4. The molecule has 2 N–H and O–H groups in total. The Balaban J connectivity index is 2.03. The molecule has 1 amide bonds. The van der Waals surface area contributed by atoms with Crippen molar-refractivity contribution >= 4 is 23.6 Å². The molecule has 0 atom stereocenters. The number of aromatic nitrogens is 3. The van der Waals surface area contributed by atoms with Gasteiger partial charge in [-0.1, -0.05) is 18.7 Å². The van der Waals surface area contributed by atoms with Crippen LogP contribution in [0.3, 0.4) is 0 Å². The van der Waals surface area contributed by atoms with Crippen LogP contribution >= 0.6 is 11.8 Å². The van der Waals surface area contributed by atoms with E-state index < -0.39 is 0 Å². The number of ether oxygens (including phenoxy) is 1. The zero-order valence-electron chi connectivity index (χ0n) is 10.3. The third-order valence-electron chi connectivity index (χ3n) is 2.68. The summed E-state index contributed by atoms with van der Waals surface area (Å²) in [5.41, 5.74) is 5.73. The van der Waals surface area contributed by atoms with Gasteiger partial charge >= 0.3 is 0 Å². The van der Waals surface area contributed by atoms with Crippen LogP contribution in [-0.4, -0.2) is 57.6 Å². The lowest BCUT2D eigenvalue weighted by atomic mass is 10.4. The van der Waals surface area contributed by atoms with E-state index in [1.165, 1.54) is 11.8 Å². The highest BCUT2D eigenvalue weighted by Gasteiger charge is 2.20. The average molecular weight is 271 g/mol. The maximum Gasteiger partial charge on any atom is 0.242 e. The van der Waals surface area contributed by atoms with Gasteiger partial charge < -0.3 is 15.4 Å². The molecule has 1 saturated heterocycles. The average Bonchev–Trinajstić information content (AvgIpc) is 2.73. The molecule has 1 aliphatic rings. The Morgan fingerprint density at radius 3 is 2.83 bits per heavy atom. The molecule has 0 saturated carbocycles. The summed E-state index contributed by atoms with van der Waals surface area (Å²) in [5.74, 6) is 1.18. The van der Waals surface area contributed by atoms with Crippen molar-refractivity contribution in [1.29, 1.82) is 0 Å². The molecule has 0 spiro atoms. The van der Waals surface area contributed by atoms with E-state index in [0.717, 1.165) is 5.75 Å². The molecule has 1 fully saturated rings. The largest absolute Gasteiger partial charge is 0.378 e. The molecule has 100 valence electrons. The molecule has 0 aromatic carbocycles. The molecule has 18 heavy (non-hydrogen) atoms. The third-order valence-corrected chi connectivity index (χ3v) is 3.52. The van der Waals surface area contributed by atoms with Crippen molar-refractivity contribution < 1.29 is 9.53 Å². The summed E-state index contributed by atoms with van der Waals surface area (Å²) in [6, 6.07) is 0. The van der Waals surface area contributed by atoms with E-state index in [-0.39, 0.29) is 18.4 Å². The standard InChI is InChI=1S/C10H17N5O2S/c1-2-18-10-13-12-9(11)15(10)7-8(16)14-3-5-17-6-4-14/h2-7H2,1H3,(H2,11,12). The summed E-state index contributed by atoms with van der Waals surface area (Å²) in [5, 5.41) is 8.46. The first kappa shape index (κ1) is 13.2. The minimum absolute atomic E-state index is 0.0303. The van der Waals surface area contributed by atoms with E-state index in [4.69, 9.17) is 10.5 Å². The number of hydrogen-bond donors (Lipinski definition) is 1. The molecule has 8 heteroatoms. The van der Waals surface area contributed by atoms with Gasteiger partial charge in [-0.2, -0.15) is 0 Å². The molecule has 2 heterocycles. The van der Waals surface area contributed by atoms with Crippen molar-refractivity contribution in [2.75, 3.05) is 37.8 Å². The summed E-state index contributed by atoms with van der Waals surface area (Å²) in [6.07, 6.45) is 0. The van der Waals surface area contributed by atoms with Gasteiger partial charge in [0.15, 0.2) is 5.16 Å². The molecule has 1 aliphatic heterocycles.